The second-order valence-electron chi connectivity index (χ2n) is 10.8. The molecule has 2 aromatic heterocycles. The molecule has 0 unspecified atom stereocenters. The molecule has 9 rings (SSSR count). The number of nitrogens with zero attached hydrogens (tertiary/aromatic N) is 4. The number of allylic oxidation sites excluding steroid dienone is 2. The van der Waals surface area contributed by atoms with Gasteiger partial charge in [-0.2, -0.15) is 0 Å². The molecule has 42 heavy (non-hydrogen) atoms. The SMILES string of the molecule is C1=C2Oc3cc4c(cc3N(c3ccccc3)C2=CCC1)nc(-n1c2ccccc2c2ccccc21)n4-c1ccccc1. The minimum Gasteiger partial charge on any atom is -0.453 e. The van der Waals surface area contributed by atoms with E-state index in [-0.39, 0.29) is 0 Å². The maximum atomic E-state index is 6.63. The zero-order chi connectivity index (χ0) is 27.6. The summed E-state index contributed by atoms with van der Waals surface area (Å²) in [5, 5.41) is 2.42. The van der Waals surface area contributed by atoms with Gasteiger partial charge >= 0.3 is 0 Å². The van der Waals surface area contributed by atoms with Gasteiger partial charge in [0.15, 0.2) is 5.75 Å². The van der Waals surface area contributed by atoms with E-state index in [0.717, 1.165) is 75.1 Å². The number of aromatic nitrogens is 3. The summed E-state index contributed by atoms with van der Waals surface area (Å²) >= 11 is 0. The van der Waals surface area contributed by atoms with Gasteiger partial charge in [0.1, 0.15) is 5.76 Å². The summed E-state index contributed by atoms with van der Waals surface area (Å²) in [6.45, 7) is 0. The normalized spacial score (nSPS) is 14.4. The third-order valence-corrected chi connectivity index (χ3v) is 8.31. The average Bonchev–Trinajstić information content (AvgIpc) is 3.58. The van der Waals surface area contributed by atoms with Gasteiger partial charge in [0.2, 0.25) is 5.95 Å². The van der Waals surface area contributed by atoms with Crippen molar-refractivity contribution >= 4 is 44.2 Å². The molecule has 3 heterocycles. The molecule has 0 saturated heterocycles. The Morgan fingerprint density at radius 1 is 0.571 bits per heavy atom. The van der Waals surface area contributed by atoms with Crippen LogP contribution in [0.4, 0.5) is 11.4 Å². The number of rotatable bonds is 3. The summed E-state index contributed by atoms with van der Waals surface area (Å²) in [6, 6.07) is 42.5. The fourth-order valence-electron chi connectivity index (χ4n) is 6.50. The topological polar surface area (TPSA) is 35.2 Å². The van der Waals surface area contributed by atoms with Gasteiger partial charge < -0.3 is 9.64 Å². The molecular formula is C37H26N4O. The summed E-state index contributed by atoms with van der Waals surface area (Å²) in [7, 11) is 0. The van der Waals surface area contributed by atoms with Crippen molar-refractivity contribution in [1.82, 2.24) is 14.1 Å². The van der Waals surface area contributed by atoms with Crippen LogP contribution in [-0.4, -0.2) is 14.1 Å². The number of hydrogen-bond acceptors (Lipinski definition) is 3. The van der Waals surface area contributed by atoms with Gasteiger partial charge in [-0.1, -0.05) is 78.9 Å². The number of fused-ring (bicyclic) bond motifs is 6. The van der Waals surface area contributed by atoms with Crippen LogP contribution in [0.25, 0.3) is 44.5 Å². The van der Waals surface area contributed by atoms with E-state index < -0.39 is 0 Å². The van der Waals surface area contributed by atoms with Gasteiger partial charge in [-0.15, -0.1) is 0 Å². The van der Waals surface area contributed by atoms with E-state index in [0.29, 0.717) is 0 Å². The molecule has 1 aliphatic heterocycles. The maximum Gasteiger partial charge on any atom is 0.220 e. The van der Waals surface area contributed by atoms with Crippen LogP contribution >= 0.6 is 0 Å². The Kier molecular flexibility index (Phi) is 4.96. The second-order valence-corrected chi connectivity index (χ2v) is 10.8. The molecule has 2 aliphatic rings. The lowest BCUT2D eigenvalue weighted by atomic mass is 10.0. The number of imidazole rings is 1. The summed E-state index contributed by atoms with van der Waals surface area (Å²) in [5.41, 5.74) is 8.38. The molecule has 0 fully saturated rings. The van der Waals surface area contributed by atoms with Crippen LogP contribution in [0.1, 0.15) is 12.8 Å². The van der Waals surface area contributed by atoms with Gasteiger partial charge in [-0.3, -0.25) is 9.13 Å². The predicted octanol–water partition coefficient (Wildman–Crippen LogP) is 9.21. The fraction of sp³-hybridized carbons (Fsp3) is 0.0541. The van der Waals surface area contributed by atoms with Gasteiger partial charge in [-0.25, -0.2) is 4.98 Å². The molecule has 0 radical (unpaired) electrons. The van der Waals surface area contributed by atoms with E-state index in [9.17, 15) is 0 Å². The van der Waals surface area contributed by atoms with E-state index >= 15 is 0 Å². The molecule has 1 aliphatic carbocycles. The molecule has 0 saturated carbocycles. The van der Waals surface area contributed by atoms with E-state index in [1.807, 2.05) is 0 Å². The molecule has 0 N–H and O–H groups in total. The Bertz CT molecular complexity index is 2170. The van der Waals surface area contributed by atoms with Gasteiger partial charge in [-0.05, 0) is 61.4 Å². The number of benzene rings is 5. The lowest BCUT2D eigenvalue weighted by Gasteiger charge is -2.36. The monoisotopic (exact) mass is 542 g/mol. The zero-order valence-electron chi connectivity index (χ0n) is 22.8. The summed E-state index contributed by atoms with van der Waals surface area (Å²) in [6.07, 6.45) is 6.45. The summed E-state index contributed by atoms with van der Waals surface area (Å²) < 4.78 is 11.2. The van der Waals surface area contributed by atoms with Crippen LogP contribution < -0.4 is 9.64 Å². The smallest absolute Gasteiger partial charge is 0.220 e. The molecule has 200 valence electrons. The standard InChI is InChI=1S/C37H26N4O/c1-3-13-25(14-4-1)39-32-21-11-12-22-35(32)42-36-24-33-29(23-34(36)39)38-37(40(33)26-15-5-2-6-16-26)41-30-19-9-7-17-27(30)28-18-8-10-20-31(28)41/h1-10,13-24H,11-12H2. The van der Waals surface area contributed by atoms with Crippen molar-refractivity contribution in [2.75, 3.05) is 4.90 Å². The number of ether oxygens (including phenoxy) is 1. The first-order valence-electron chi connectivity index (χ1n) is 14.4. The highest BCUT2D eigenvalue weighted by Gasteiger charge is 2.31. The molecule has 7 aromatic rings. The first kappa shape index (κ1) is 23.2. The molecule has 5 heteroatoms. The minimum atomic E-state index is 0.822. The van der Waals surface area contributed by atoms with Crippen molar-refractivity contribution in [2.24, 2.45) is 0 Å². The molecule has 5 nitrogen and oxygen atoms in total. The van der Waals surface area contributed by atoms with Crippen molar-refractivity contribution < 1.29 is 4.74 Å². The lowest BCUT2D eigenvalue weighted by molar-refractivity contribution is 0.418. The van der Waals surface area contributed by atoms with E-state index in [2.05, 4.69) is 148 Å². The third-order valence-electron chi connectivity index (χ3n) is 8.31. The largest absolute Gasteiger partial charge is 0.453 e. The van der Waals surface area contributed by atoms with Crippen LogP contribution in [0.5, 0.6) is 5.75 Å². The highest BCUT2D eigenvalue weighted by atomic mass is 16.5. The number of hydrogen-bond donors (Lipinski definition) is 0. The van der Waals surface area contributed by atoms with Crippen molar-refractivity contribution in [1.29, 1.82) is 0 Å². The average molecular weight is 543 g/mol. The molecule has 0 atom stereocenters. The molecule has 0 amide bonds. The third kappa shape index (κ3) is 3.34. The first-order valence-corrected chi connectivity index (χ1v) is 14.4. The van der Waals surface area contributed by atoms with E-state index in [4.69, 9.17) is 9.72 Å². The number of anilines is 2. The fourth-order valence-corrected chi connectivity index (χ4v) is 6.50. The Morgan fingerprint density at radius 3 is 1.90 bits per heavy atom. The van der Waals surface area contributed by atoms with E-state index in [1.54, 1.807) is 0 Å². The molecule has 5 aromatic carbocycles. The zero-order valence-corrected chi connectivity index (χ0v) is 22.8. The Morgan fingerprint density at radius 2 is 1.19 bits per heavy atom. The Labute approximate surface area is 242 Å². The van der Waals surface area contributed by atoms with Crippen LogP contribution in [-0.2, 0) is 0 Å². The van der Waals surface area contributed by atoms with Crippen LogP contribution in [0.15, 0.2) is 145 Å². The minimum absolute atomic E-state index is 0.822. The van der Waals surface area contributed by atoms with Gasteiger partial charge in [0.25, 0.3) is 0 Å². The Hall–Kier alpha value is -5.55. The van der Waals surface area contributed by atoms with Gasteiger partial charge in [0.05, 0.1) is 33.5 Å². The maximum absolute atomic E-state index is 6.63. The van der Waals surface area contributed by atoms with Crippen molar-refractivity contribution in [3.05, 3.63) is 145 Å². The summed E-state index contributed by atoms with van der Waals surface area (Å²) in [5.74, 6) is 2.57. The molecular weight excluding hydrogens is 516 g/mol. The molecule has 0 bridgehead atoms. The number of para-hydroxylation sites is 4. The van der Waals surface area contributed by atoms with Crippen LogP contribution in [0, 0.1) is 0 Å². The highest BCUT2D eigenvalue weighted by Crippen LogP contribution is 2.48. The summed E-state index contributed by atoms with van der Waals surface area (Å²) in [4.78, 5) is 7.69. The second kappa shape index (κ2) is 8.98. The van der Waals surface area contributed by atoms with E-state index in [1.165, 1.54) is 10.8 Å². The van der Waals surface area contributed by atoms with Crippen LogP contribution in [0.3, 0.4) is 0 Å². The molecule has 0 spiro atoms. The van der Waals surface area contributed by atoms with Crippen LogP contribution in [0.2, 0.25) is 0 Å². The van der Waals surface area contributed by atoms with Crippen molar-refractivity contribution in [3.63, 3.8) is 0 Å². The Balaban J connectivity index is 1.38. The van der Waals surface area contributed by atoms with Crippen molar-refractivity contribution in [3.8, 4) is 17.4 Å². The lowest BCUT2D eigenvalue weighted by Crippen LogP contribution is -2.26. The van der Waals surface area contributed by atoms with Crippen molar-refractivity contribution in [2.45, 2.75) is 12.8 Å². The van der Waals surface area contributed by atoms with Gasteiger partial charge in [0, 0.05) is 28.2 Å². The first-order chi connectivity index (χ1) is 20.8. The quantitative estimate of drug-likeness (QED) is 0.223. The highest BCUT2D eigenvalue weighted by molar-refractivity contribution is 6.09. The predicted molar refractivity (Wildman–Crippen MR) is 170 cm³/mol.